The second kappa shape index (κ2) is 5.68. The number of rotatable bonds is 3. The van der Waals surface area contributed by atoms with Crippen LogP contribution < -0.4 is 0 Å². The number of aldehydes is 1. The van der Waals surface area contributed by atoms with Crippen molar-refractivity contribution < 1.29 is 18.7 Å². The number of hydrogen-bond acceptors (Lipinski definition) is 2. The Balaban J connectivity index is 2.30. The second-order valence-corrected chi connectivity index (χ2v) is 5.28. The zero-order chi connectivity index (χ0) is 14.0. The molecular formula is C15H18F2O2. The van der Waals surface area contributed by atoms with Crippen molar-refractivity contribution in [1.29, 1.82) is 0 Å². The number of carbonyl (C=O) groups excluding carboxylic acids is 1. The third-order valence-electron chi connectivity index (χ3n) is 4.23. The van der Waals surface area contributed by atoms with E-state index >= 15 is 0 Å². The Kier molecular flexibility index (Phi) is 4.17. The molecule has 0 aromatic heterocycles. The topological polar surface area (TPSA) is 37.3 Å². The molecule has 0 spiro atoms. The van der Waals surface area contributed by atoms with Crippen molar-refractivity contribution in [3.8, 4) is 5.75 Å². The lowest BCUT2D eigenvalue weighted by Crippen LogP contribution is -2.14. The predicted molar refractivity (Wildman–Crippen MR) is 68.4 cm³/mol. The molecule has 1 aromatic rings. The van der Waals surface area contributed by atoms with Gasteiger partial charge in [0.25, 0.3) is 0 Å². The van der Waals surface area contributed by atoms with Crippen molar-refractivity contribution in [3.63, 3.8) is 0 Å². The van der Waals surface area contributed by atoms with Crippen molar-refractivity contribution in [1.82, 2.24) is 0 Å². The van der Waals surface area contributed by atoms with Gasteiger partial charge >= 0.3 is 0 Å². The van der Waals surface area contributed by atoms with E-state index in [2.05, 4.69) is 6.92 Å². The van der Waals surface area contributed by atoms with Crippen LogP contribution in [0.5, 0.6) is 5.75 Å². The summed E-state index contributed by atoms with van der Waals surface area (Å²) in [6, 6.07) is 1.29. The number of hydrogen-bond donors (Lipinski definition) is 1. The van der Waals surface area contributed by atoms with Crippen LogP contribution in [0.1, 0.15) is 60.9 Å². The minimum absolute atomic E-state index is 0.0587. The molecule has 0 bridgehead atoms. The molecule has 19 heavy (non-hydrogen) atoms. The van der Waals surface area contributed by atoms with Crippen molar-refractivity contribution in [2.75, 3.05) is 0 Å². The minimum Gasteiger partial charge on any atom is -0.504 e. The number of halogens is 2. The quantitative estimate of drug-likeness (QED) is 0.835. The molecule has 0 heterocycles. The van der Waals surface area contributed by atoms with Crippen molar-refractivity contribution in [2.45, 2.75) is 44.9 Å². The number of phenolic OH excluding ortho intramolecular Hbond substituents is 1. The van der Waals surface area contributed by atoms with E-state index in [1.165, 1.54) is 6.07 Å². The maximum absolute atomic E-state index is 13.9. The first-order valence-electron chi connectivity index (χ1n) is 6.74. The summed E-state index contributed by atoms with van der Waals surface area (Å²) in [6.45, 7) is 2.14. The van der Waals surface area contributed by atoms with Gasteiger partial charge in [-0.25, -0.2) is 4.39 Å². The van der Waals surface area contributed by atoms with Crippen molar-refractivity contribution in [2.24, 2.45) is 5.92 Å². The van der Waals surface area contributed by atoms with Crippen LogP contribution in [0.25, 0.3) is 0 Å². The molecule has 1 saturated carbocycles. The monoisotopic (exact) mass is 268 g/mol. The molecule has 0 aliphatic heterocycles. The molecule has 0 saturated heterocycles. The van der Waals surface area contributed by atoms with Gasteiger partial charge in [-0.05, 0) is 49.1 Å². The van der Waals surface area contributed by atoms with Gasteiger partial charge in [-0.15, -0.1) is 0 Å². The average Bonchev–Trinajstić information content (AvgIpc) is 2.45. The first kappa shape index (κ1) is 14.0. The van der Waals surface area contributed by atoms with E-state index in [9.17, 15) is 18.7 Å². The fourth-order valence-corrected chi connectivity index (χ4v) is 2.93. The summed E-state index contributed by atoms with van der Waals surface area (Å²) in [5, 5.41) is 9.34. The molecule has 1 N–H and O–H groups in total. The maximum Gasteiger partial charge on any atom is 0.201 e. The summed E-state index contributed by atoms with van der Waals surface area (Å²) in [4.78, 5) is 10.8. The molecule has 4 heteroatoms. The van der Waals surface area contributed by atoms with E-state index in [1.807, 2.05) is 0 Å². The van der Waals surface area contributed by atoms with E-state index in [4.69, 9.17) is 0 Å². The van der Waals surface area contributed by atoms with Gasteiger partial charge in [0.1, 0.15) is 0 Å². The first-order chi connectivity index (χ1) is 9.08. The van der Waals surface area contributed by atoms with Crippen molar-refractivity contribution in [3.05, 3.63) is 28.8 Å². The highest BCUT2D eigenvalue weighted by Gasteiger charge is 2.27. The van der Waals surface area contributed by atoms with Gasteiger partial charge < -0.3 is 5.11 Å². The third-order valence-corrected chi connectivity index (χ3v) is 4.23. The zero-order valence-electron chi connectivity index (χ0n) is 11.0. The molecule has 2 nitrogen and oxygen atoms in total. The molecule has 104 valence electrons. The first-order valence-corrected chi connectivity index (χ1v) is 6.74. The molecule has 2 rings (SSSR count). The standard InChI is InChI=1S/C15H18F2O2/c1-2-9-3-5-10(6-4-9)12-7-11(8-18)15(19)14(17)13(12)16/h7-10,19H,2-6H2,1H3. The highest BCUT2D eigenvalue weighted by atomic mass is 19.2. The Morgan fingerprint density at radius 2 is 1.89 bits per heavy atom. The summed E-state index contributed by atoms with van der Waals surface area (Å²) in [5.41, 5.74) is 0.0541. The molecule has 1 aromatic carbocycles. The van der Waals surface area contributed by atoms with Crippen LogP contribution in [0.2, 0.25) is 0 Å². The van der Waals surface area contributed by atoms with Crippen molar-refractivity contribution >= 4 is 6.29 Å². The Morgan fingerprint density at radius 1 is 1.26 bits per heavy atom. The van der Waals surface area contributed by atoms with Crippen LogP contribution >= 0.6 is 0 Å². The molecule has 1 aliphatic rings. The van der Waals surface area contributed by atoms with E-state index in [0.29, 0.717) is 12.2 Å². The maximum atomic E-state index is 13.9. The summed E-state index contributed by atoms with van der Waals surface area (Å²) in [6.07, 6.45) is 5.08. The van der Waals surface area contributed by atoms with Gasteiger partial charge in [-0.3, -0.25) is 4.79 Å². The highest BCUT2D eigenvalue weighted by Crippen LogP contribution is 2.40. The molecular weight excluding hydrogens is 250 g/mol. The molecule has 1 aliphatic carbocycles. The van der Waals surface area contributed by atoms with Crippen LogP contribution in [0.4, 0.5) is 8.78 Å². The largest absolute Gasteiger partial charge is 0.504 e. The molecule has 1 fully saturated rings. The third kappa shape index (κ3) is 2.62. The van der Waals surface area contributed by atoms with Gasteiger partial charge in [0.15, 0.2) is 17.9 Å². The van der Waals surface area contributed by atoms with Gasteiger partial charge in [0, 0.05) is 0 Å². The molecule has 0 atom stereocenters. The number of aromatic hydroxyl groups is 1. The lowest BCUT2D eigenvalue weighted by atomic mass is 9.77. The lowest BCUT2D eigenvalue weighted by Gasteiger charge is -2.28. The molecule has 0 amide bonds. The normalized spacial score (nSPS) is 23.3. The summed E-state index contributed by atoms with van der Waals surface area (Å²) in [7, 11) is 0. The Bertz CT molecular complexity index is 478. The highest BCUT2D eigenvalue weighted by molar-refractivity contribution is 5.79. The minimum atomic E-state index is -1.31. The second-order valence-electron chi connectivity index (χ2n) is 5.28. The van der Waals surface area contributed by atoms with Gasteiger partial charge in [0.05, 0.1) is 5.56 Å². The smallest absolute Gasteiger partial charge is 0.201 e. The van der Waals surface area contributed by atoms with Crippen LogP contribution in [-0.4, -0.2) is 11.4 Å². The van der Waals surface area contributed by atoms with E-state index in [-0.39, 0.29) is 17.0 Å². The predicted octanol–water partition coefficient (Wildman–Crippen LogP) is 4.17. The lowest BCUT2D eigenvalue weighted by molar-refractivity contribution is 0.111. The van der Waals surface area contributed by atoms with E-state index in [1.54, 1.807) is 0 Å². The SMILES string of the molecule is CCC1CCC(c2cc(C=O)c(O)c(F)c2F)CC1. The number of carbonyl (C=O) groups is 1. The Labute approximate surface area is 111 Å². The van der Waals surface area contributed by atoms with Crippen LogP contribution in [0.3, 0.4) is 0 Å². The van der Waals surface area contributed by atoms with Crippen LogP contribution in [0, 0.1) is 17.6 Å². The Morgan fingerprint density at radius 3 is 2.42 bits per heavy atom. The molecule has 0 unspecified atom stereocenters. The fourth-order valence-electron chi connectivity index (χ4n) is 2.93. The zero-order valence-corrected chi connectivity index (χ0v) is 11.0. The summed E-state index contributed by atoms with van der Waals surface area (Å²) < 4.78 is 27.4. The van der Waals surface area contributed by atoms with Gasteiger partial charge in [-0.2, -0.15) is 4.39 Å². The fraction of sp³-hybridized carbons (Fsp3) is 0.533. The van der Waals surface area contributed by atoms with Gasteiger partial charge in [0.2, 0.25) is 5.82 Å². The van der Waals surface area contributed by atoms with Crippen LogP contribution in [0.15, 0.2) is 6.07 Å². The number of phenols is 1. The summed E-state index contributed by atoms with van der Waals surface area (Å²) >= 11 is 0. The summed E-state index contributed by atoms with van der Waals surface area (Å²) in [5.74, 6) is -2.61. The average molecular weight is 268 g/mol. The van der Waals surface area contributed by atoms with E-state index < -0.39 is 17.4 Å². The Hall–Kier alpha value is -1.45. The van der Waals surface area contributed by atoms with E-state index in [0.717, 1.165) is 32.1 Å². The molecule has 0 radical (unpaired) electrons. The van der Waals surface area contributed by atoms with Gasteiger partial charge in [-0.1, -0.05) is 13.3 Å². The number of benzene rings is 1. The van der Waals surface area contributed by atoms with Crippen LogP contribution in [-0.2, 0) is 0 Å².